The molecule has 216 valence electrons. The van der Waals surface area contributed by atoms with Gasteiger partial charge >= 0.3 is 6.18 Å². The number of piperidine rings is 1. The van der Waals surface area contributed by atoms with Crippen molar-refractivity contribution in [2.75, 3.05) is 42.7 Å². The lowest BCUT2D eigenvalue weighted by atomic mass is 9.96. The minimum absolute atomic E-state index is 0.0472. The predicted octanol–water partition coefficient (Wildman–Crippen LogP) is 3.20. The molecule has 0 aliphatic carbocycles. The highest BCUT2D eigenvalue weighted by molar-refractivity contribution is 7.88. The summed E-state index contributed by atoms with van der Waals surface area (Å²) in [6.45, 7) is 4.51. The first kappa shape index (κ1) is 28.2. The molecule has 0 radical (unpaired) electrons. The molecular formula is C25H29F4N7O3S. The van der Waals surface area contributed by atoms with Gasteiger partial charge in [0.25, 0.3) is 0 Å². The monoisotopic (exact) mass is 583 g/mol. The van der Waals surface area contributed by atoms with Gasteiger partial charge in [0.1, 0.15) is 28.6 Å². The van der Waals surface area contributed by atoms with E-state index in [0.29, 0.717) is 37.8 Å². The maximum Gasteiger partial charge on any atom is 0.420 e. The Balaban J connectivity index is 1.42. The van der Waals surface area contributed by atoms with E-state index < -0.39 is 38.9 Å². The number of nitrogens with zero attached hydrogens (tertiary/aromatic N) is 6. The van der Waals surface area contributed by atoms with Gasteiger partial charge in [0.2, 0.25) is 16.0 Å². The van der Waals surface area contributed by atoms with Crippen LogP contribution in [0.4, 0.5) is 29.2 Å². The van der Waals surface area contributed by atoms with Gasteiger partial charge in [-0.05, 0) is 44.9 Å². The van der Waals surface area contributed by atoms with Crippen molar-refractivity contribution in [1.29, 1.82) is 0 Å². The fraction of sp³-hybridized carbons (Fsp3) is 0.480. The third kappa shape index (κ3) is 5.76. The molecule has 3 aromatic rings. The van der Waals surface area contributed by atoms with Gasteiger partial charge in [-0.25, -0.2) is 32.1 Å². The summed E-state index contributed by atoms with van der Waals surface area (Å²) in [5, 5.41) is 13.0. The summed E-state index contributed by atoms with van der Waals surface area (Å²) in [6.07, 6.45) is -0.784. The van der Waals surface area contributed by atoms with Gasteiger partial charge in [0.05, 0.1) is 17.5 Å². The van der Waals surface area contributed by atoms with Crippen molar-refractivity contribution >= 4 is 21.7 Å². The fourth-order valence-electron chi connectivity index (χ4n) is 5.05. The van der Waals surface area contributed by atoms with Gasteiger partial charge in [-0.2, -0.15) is 13.2 Å². The Hall–Kier alpha value is -3.30. The fourth-order valence-corrected chi connectivity index (χ4v) is 5.92. The van der Waals surface area contributed by atoms with Crippen LogP contribution in [0.1, 0.15) is 31.2 Å². The van der Waals surface area contributed by atoms with E-state index in [0.717, 1.165) is 6.26 Å². The lowest BCUT2D eigenvalue weighted by Gasteiger charge is -2.45. The Labute approximate surface area is 228 Å². The molecular weight excluding hydrogens is 554 g/mol. The van der Waals surface area contributed by atoms with Crippen LogP contribution in [-0.2, 0) is 16.2 Å². The highest BCUT2D eigenvalue weighted by atomic mass is 32.2. The third-order valence-corrected chi connectivity index (χ3v) is 8.40. The molecule has 2 saturated heterocycles. The number of anilines is 2. The van der Waals surface area contributed by atoms with Crippen LogP contribution < -0.4 is 10.2 Å². The smallest absolute Gasteiger partial charge is 0.386 e. The van der Waals surface area contributed by atoms with Crippen LogP contribution in [-0.4, -0.2) is 81.4 Å². The molecule has 0 saturated carbocycles. The molecule has 0 unspecified atom stereocenters. The standard InChI is InChI=1S/C25H29F4N7O3S/c1-15-31-20(12-36(15)21-5-4-17(10-19(21)26)34-13-24(2,37)14-34)22-18(25(27,28)29)11-30-23(33-22)32-16-6-8-35(9-7-16)40(3,38)39/h4-5,10-12,16,37H,6-9,13-14H2,1-3H3,(H,30,32,33). The number of hydrogen-bond donors (Lipinski definition) is 2. The summed E-state index contributed by atoms with van der Waals surface area (Å²) in [4.78, 5) is 14.1. The summed E-state index contributed by atoms with van der Waals surface area (Å²) >= 11 is 0. The zero-order valence-corrected chi connectivity index (χ0v) is 22.9. The lowest BCUT2D eigenvalue weighted by Crippen LogP contribution is -2.60. The van der Waals surface area contributed by atoms with Crippen LogP contribution in [0.15, 0.2) is 30.6 Å². The number of imidazole rings is 1. The van der Waals surface area contributed by atoms with Gasteiger partial charge in [-0.15, -0.1) is 0 Å². The first-order chi connectivity index (χ1) is 18.6. The maximum atomic E-state index is 15.1. The SMILES string of the molecule is Cc1nc(-c2nc(NC3CCN(S(C)(=O)=O)CC3)ncc2C(F)(F)F)cn1-c1ccc(N2CC(C)(O)C2)cc1F. The number of aromatic nitrogens is 4. The molecule has 0 atom stereocenters. The Bertz CT molecular complexity index is 1530. The molecule has 2 aliphatic rings. The van der Waals surface area contributed by atoms with Crippen LogP contribution in [0.2, 0.25) is 0 Å². The van der Waals surface area contributed by atoms with Crippen LogP contribution >= 0.6 is 0 Å². The molecule has 2 aromatic heterocycles. The number of rotatable bonds is 6. The van der Waals surface area contributed by atoms with E-state index >= 15 is 4.39 Å². The number of β-amino-alcohol motifs (C(OH)–C–C–N with tert-alkyl or cyclic N) is 1. The Morgan fingerprint density at radius 1 is 1.15 bits per heavy atom. The third-order valence-electron chi connectivity index (χ3n) is 7.09. The van der Waals surface area contributed by atoms with Gasteiger partial charge in [0, 0.05) is 50.3 Å². The number of nitrogens with one attached hydrogen (secondary N) is 1. The van der Waals surface area contributed by atoms with E-state index in [9.17, 15) is 26.7 Å². The molecule has 0 bridgehead atoms. The van der Waals surface area contributed by atoms with Crippen molar-refractivity contribution in [3.8, 4) is 17.1 Å². The molecule has 10 nitrogen and oxygen atoms in total. The average molecular weight is 584 g/mol. The van der Waals surface area contributed by atoms with Crippen molar-refractivity contribution < 1.29 is 31.1 Å². The van der Waals surface area contributed by atoms with E-state index in [1.165, 1.54) is 27.2 Å². The second-order valence-corrected chi connectivity index (χ2v) is 12.5. The van der Waals surface area contributed by atoms with E-state index in [4.69, 9.17) is 0 Å². The summed E-state index contributed by atoms with van der Waals surface area (Å²) in [7, 11) is -3.33. The molecule has 0 amide bonds. The van der Waals surface area contributed by atoms with Crippen LogP contribution in [0, 0.1) is 12.7 Å². The zero-order valence-electron chi connectivity index (χ0n) is 22.1. The van der Waals surface area contributed by atoms with E-state index in [-0.39, 0.29) is 42.3 Å². The van der Waals surface area contributed by atoms with E-state index in [1.54, 1.807) is 19.9 Å². The molecule has 2 aliphatic heterocycles. The summed E-state index contributed by atoms with van der Waals surface area (Å²) < 4.78 is 83.1. The van der Waals surface area contributed by atoms with Crippen LogP contribution in [0.3, 0.4) is 0 Å². The zero-order chi connectivity index (χ0) is 29.0. The van der Waals surface area contributed by atoms with Crippen molar-refractivity contribution in [2.45, 2.75) is 44.5 Å². The average Bonchev–Trinajstić information content (AvgIpc) is 3.22. The second-order valence-electron chi connectivity index (χ2n) is 10.6. The Morgan fingerprint density at radius 3 is 2.40 bits per heavy atom. The first-order valence-corrected chi connectivity index (χ1v) is 14.4. The van der Waals surface area contributed by atoms with E-state index in [2.05, 4.69) is 20.3 Å². The highest BCUT2D eigenvalue weighted by Crippen LogP contribution is 2.37. The topological polar surface area (TPSA) is 116 Å². The number of alkyl halides is 3. The first-order valence-electron chi connectivity index (χ1n) is 12.6. The second kappa shape index (κ2) is 9.96. The maximum absolute atomic E-state index is 15.1. The minimum Gasteiger partial charge on any atom is -0.386 e. The predicted molar refractivity (Wildman–Crippen MR) is 140 cm³/mol. The number of halogens is 4. The highest BCUT2D eigenvalue weighted by Gasteiger charge is 2.38. The molecule has 40 heavy (non-hydrogen) atoms. The summed E-state index contributed by atoms with van der Waals surface area (Å²) in [6, 6.07) is 4.27. The van der Waals surface area contributed by atoms with Crippen LogP contribution in [0.25, 0.3) is 17.1 Å². The molecule has 5 rings (SSSR count). The molecule has 15 heteroatoms. The number of hydrogen-bond acceptors (Lipinski definition) is 8. The van der Waals surface area contributed by atoms with Crippen molar-refractivity contribution in [1.82, 2.24) is 23.8 Å². The largest absolute Gasteiger partial charge is 0.420 e. The molecule has 4 heterocycles. The number of sulfonamides is 1. The normalized spacial score (nSPS) is 18.6. The van der Waals surface area contributed by atoms with Crippen molar-refractivity contribution in [3.05, 3.63) is 47.8 Å². The van der Waals surface area contributed by atoms with Gasteiger partial charge in [-0.1, -0.05) is 0 Å². The lowest BCUT2D eigenvalue weighted by molar-refractivity contribution is -0.137. The van der Waals surface area contributed by atoms with Crippen molar-refractivity contribution in [3.63, 3.8) is 0 Å². The Kier molecular flexibility index (Phi) is 7.03. The molecule has 2 fully saturated rings. The summed E-state index contributed by atoms with van der Waals surface area (Å²) in [5.74, 6) is -0.394. The van der Waals surface area contributed by atoms with E-state index in [1.807, 2.05) is 4.90 Å². The Morgan fingerprint density at radius 2 is 1.82 bits per heavy atom. The summed E-state index contributed by atoms with van der Waals surface area (Å²) in [5.41, 5.74) is -1.80. The minimum atomic E-state index is -4.77. The quantitative estimate of drug-likeness (QED) is 0.425. The van der Waals surface area contributed by atoms with Gasteiger partial charge < -0.3 is 19.9 Å². The van der Waals surface area contributed by atoms with Gasteiger partial charge in [-0.3, -0.25) is 0 Å². The molecule has 2 N–H and O–H groups in total. The van der Waals surface area contributed by atoms with Crippen LogP contribution in [0.5, 0.6) is 0 Å². The number of benzene rings is 1. The number of aliphatic hydroxyl groups is 1. The van der Waals surface area contributed by atoms with Crippen molar-refractivity contribution in [2.24, 2.45) is 0 Å². The van der Waals surface area contributed by atoms with Gasteiger partial charge in [0.15, 0.2) is 0 Å². The molecule has 1 aromatic carbocycles. The number of aryl methyl sites for hydroxylation is 1. The molecule has 0 spiro atoms.